The van der Waals surface area contributed by atoms with Crippen molar-refractivity contribution in [1.29, 1.82) is 0 Å². The Balaban J connectivity index is 1.94. The second kappa shape index (κ2) is 8.11. The van der Waals surface area contributed by atoms with E-state index in [1.807, 2.05) is 0 Å². The fraction of sp³-hybridized carbons (Fsp3) is 0.0909. The lowest BCUT2D eigenvalue weighted by atomic mass is 9.97. The fourth-order valence-corrected chi connectivity index (χ4v) is 4.34. The molecule has 0 radical (unpaired) electrons. The molecule has 1 atom stereocenters. The zero-order valence-electron chi connectivity index (χ0n) is 17.3. The molecule has 3 N–H and O–H groups in total. The van der Waals surface area contributed by atoms with Crippen molar-refractivity contribution in [3.8, 4) is 0 Å². The van der Waals surface area contributed by atoms with E-state index >= 15 is 0 Å². The Bertz CT molecular complexity index is 1410. The van der Waals surface area contributed by atoms with Gasteiger partial charge in [-0.25, -0.2) is 13.6 Å². The second-order valence-corrected chi connectivity index (χ2v) is 8.97. The first-order valence-corrected chi connectivity index (χ1v) is 11.2. The van der Waals surface area contributed by atoms with E-state index in [-0.39, 0.29) is 33.1 Å². The molecule has 2 amide bonds. The largest absolute Gasteiger partial charge is 0.322 e. The first-order valence-electron chi connectivity index (χ1n) is 9.70. The molecule has 0 saturated heterocycles. The summed E-state index contributed by atoms with van der Waals surface area (Å²) in [6.07, 6.45) is 0. The van der Waals surface area contributed by atoms with Crippen molar-refractivity contribution < 1.29 is 22.9 Å². The maximum atomic E-state index is 13.7. The van der Waals surface area contributed by atoms with Crippen molar-refractivity contribution in [3.05, 3.63) is 93.5 Å². The maximum Gasteiger partial charge on any atom is 0.273 e. The number of carbonyl (C=O) groups is 2. The Morgan fingerprint density at radius 1 is 1.09 bits per heavy atom. The summed E-state index contributed by atoms with van der Waals surface area (Å²) >= 11 is 0. The van der Waals surface area contributed by atoms with E-state index in [2.05, 4.69) is 5.32 Å². The molecule has 0 spiro atoms. The number of amides is 2. The van der Waals surface area contributed by atoms with Gasteiger partial charge < -0.3 is 5.32 Å². The van der Waals surface area contributed by atoms with E-state index in [9.17, 15) is 28.1 Å². The van der Waals surface area contributed by atoms with Crippen LogP contribution >= 0.6 is 0 Å². The van der Waals surface area contributed by atoms with Gasteiger partial charge in [0, 0.05) is 17.2 Å². The van der Waals surface area contributed by atoms with Crippen molar-refractivity contribution in [2.45, 2.75) is 17.9 Å². The lowest BCUT2D eigenvalue weighted by Crippen LogP contribution is -2.45. The van der Waals surface area contributed by atoms with Gasteiger partial charge in [-0.2, -0.15) is 0 Å². The summed E-state index contributed by atoms with van der Waals surface area (Å²) in [6.45, 7) is 1.46. The highest BCUT2D eigenvalue weighted by molar-refractivity contribution is 7.89. The molecular weight excluding hydrogens is 448 g/mol. The number of nitrogens with one attached hydrogen (secondary N) is 1. The number of nitro groups is 1. The Hall–Kier alpha value is -4.09. The summed E-state index contributed by atoms with van der Waals surface area (Å²) in [5.74, 6) is -1.22. The number of sulfonamides is 1. The van der Waals surface area contributed by atoms with E-state index < -0.39 is 32.8 Å². The minimum atomic E-state index is -4.06. The van der Waals surface area contributed by atoms with Crippen molar-refractivity contribution >= 4 is 38.9 Å². The monoisotopic (exact) mass is 466 g/mol. The van der Waals surface area contributed by atoms with Crippen LogP contribution in [0.2, 0.25) is 0 Å². The van der Waals surface area contributed by atoms with Crippen LogP contribution in [0.15, 0.2) is 71.6 Å². The molecule has 168 valence electrons. The van der Waals surface area contributed by atoms with Crippen molar-refractivity contribution in [2.75, 3.05) is 10.2 Å². The maximum absolute atomic E-state index is 13.7. The molecule has 4 rings (SSSR count). The number of hydrogen-bond donors (Lipinski definition) is 2. The van der Waals surface area contributed by atoms with Crippen molar-refractivity contribution in [2.24, 2.45) is 5.14 Å². The Kier molecular flexibility index (Phi) is 5.44. The van der Waals surface area contributed by atoms with E-state index in [1.54, 1.807) is 30.3 Å². The average Bonchev–Trinajstić information content (AvgIpc) is 2.77. The summed E-state index contributed by atoms with van der Waals surface area (Å²) in [5, 5.41) is 19.2. The molecule has 1 heterocycles. The van der Waals surface area contributed by atoms with Gasteiger partial charge in [-0.3, -0.25) is 24.6 Å². The Morgan fingerprint density at radius 2 is 1.79 bits per heavy atom. The molecule has 10 nitrogen and oxygen atoms in total. The van der Waals surface area contributed by atoms with Crippen LogP contribution < -0.4 is 15.4 Å². The highest BCUT2D eigenvalue weighted by Gasteiger charge is 2.39. The van der Waals surface area contributed by atoms with Crippen molar-refractivity contribution in [1.82, 2.24) is 0 Å². The number of nitrogens with two attached hydrogens (primary N) is 1. The summed E-state index contributed by atoms with van der Waals surface area (Å²) in [7, 11) is -4.06. The lowest BCUT2D eigenvalue weighted by molar-refractivity contribution is -0.385. The number of carbonyl (C=O) groups excluding carboxylic acids is 2. The van der Waals surface area contributed by atoms with Crippen LogP contribution in [0.3, 0.4) is 0 Å². The zero-order chi connectivity index (χ0) is 23.9. The summed E-state index contributed by atoms with van der Waals surface area (Å²) in [6, 6.07) is 15.3. The van der Waals surface area contributed by atoms with Crippen LogP contribution in [0.5, 0.6) is 0 Å². The van der Waals surface area contributed by atoms with E-state index in [0.717, 1.165) is 0 Å². The third-order valence-corrected chi connectivity index (χ3v) is 6.30. The molecule has 33 heavy (non-hydrogen) atoms. The van der Waals surface area contributed by atoms with Crippen LogP contribution in [0, 0.1) is 17.0 Å². The highest BCUT2D eigenvalue weighted by Crippen LogP contribution is 2.41. The minimum Gasteiger partial charge on any atom is -0.322 e. The van der Waals surface area contributed by atoms with Crippen LogP contribution in [0.25, 0.3) is 0 Å². The van der Waals surface area contributed by atoms with Gasteiger partial charge in [0.2, 0.25) is 10.0 Å². The molecular formula is C22H18N4O6S. The van der Waals surface area contributed by atoms with E-state index in [4.69, 9.17) is 5.14 Å². The van der Waals surface area contributed by atoms with Crippen molar-refractivity contribution in [3.63, 3.8) is 0 Å². The number of rotatable bonds is 4. The molecule has 0 saturated carbocycles. The topological polar surface area (TPSA) is 153 Å². The molecule has 1 unspecified atom stereocenters. The van der Waals surface area contributed by atoms with Gasteiger partial charge in [0.15, 0.2) is 0 Å². The number of primary sulfonamides is 1. The number of fused-ring (bicyclic) bond motifs is 1. The van der Waals surface area contributed by atoms with Gasteiger partial charge in [0.05, 0.1) is 21.2 Å². The van der Waals surface area contributed by atoms with Gasteiger partial charge in [-0.1, -0.05) is 36.4 Å². The lowest BCUT2D eigenvalue weighted by Gasteiger charge is -2.37. The first kappa shape index (κ1) is 22.1. The molecule has 1 aliphatic heterocycles. The number of anilines is 2. The number of benzene rings is 3. The van der Waals surface area contributed by atoms with Gasteiger partial charge in [0.25, 0.3) is 17.5 Å². The first-order chi connectivity index (χ1) is 15.6. The molecule has 1 aliphatic rings. The van der Waals surface area contributed by atoms with E-state index in [1.165, 1.54) is 48.2 Å². The number of nitrogens with zero attached hydrogens (tertiary/aromatic N) is 2. The van der Waals surface area contributed by atoms with Gasteiger partial charge in [-0.15, -0.1) is 0 Å². The smallest absolute Gasteiger partial charge is 0.273 e. The Morgan fingerprint density at radius 3 is 2.42 bits per heavy atom. The standard InChI is InChI=1S/C22H18N4O6S/c1-13-16(8-5-9-18(13)26(29)30)22(28)25-19-11-10-15(33(23,31)32)12-17(19)24-21(27)20(25)14-6-3-2-4-7-14/h2-12,20H,1H3,(H,24,27)(H2,23,31,32). The van der Waals surface area contributed by atoms with Gasteiger partial charge >= 0.3 is 0 Å². The quantitative estimate of drug-likeness (QED) is 0.445. The van der Waals surface area contributed by atoms with Crippen LogP contribution in [0.4, 0.5) is 17.1 Å². The minimum absolute atomic E-state index is 0.0429. The van der Waals surface area contributed by atoms with Gasteiger partial charge in [0.1, 0.15) is 6.04 Å². The molecule has 0 bridgehead atoms. The number of nitro benzene ring substituents is 1. The van der Waals surface area contributed by atoms with E-state index in [0.29, 0.717) is 5.56 Å². The third kappa shape index (κ3) is 3.95. The summed E-state index contributed by atoms with van der Waals surface area (Å²) in [5.41, 5.74) is 0.771. The third-order valence-electron chi connectivity index (χ3n) is 5.39. The summed E-state index contributed by atoms with van der Waals surface area (Å²) in [4.78, 5) is 38.7. The molecule has 11 heteroatoms. The predicted octanol–water partition coefficient (Wildman–Crippen LogP) is 2.89. The molecule has 0 aromatic heterocycles. The van der Waals surface area contributed by atoms with Crippen LogP contribution in [-0.4, -0.2) is 25.2 Å². The molecule has 0 fully saturated rings. The van der Waals surface area contributed by atoms with Gasteiger partial charge in [-0.05, 0) is 36.8 Å². The average molecular weight is 466 g/mol. The molecule has 0 aliphatic carbocycles. The molecule has 3 aromatic carbocycles. The zero-order valence-corrected chi connectivity index (χ0v) is 18.1. The summed E-state index contributed by atoms with van der Waals surface area (Å²) < 4.78 is 23.6. The fourth-order valence-electron chi connectivity index (χ4n) is 3.80. The Labute approximate surface area is 188 Å². The normalized spacial score (nSPS) is 15.5. The SMILES string of the molecule is Cc1c(C(=O)N2c3ccc(S(N)(=O)=O)cc3NC(=O)C2c2ccccc2)cccc1[N+](=O)[O-]. The predicted molar refractivity (Wildman–Crippen MR) is 120 cm³/mol. The molecule has 3 aromatic rings. The number of hydrogen-bond acceptors (Lipinski definition) is 6. The van der Waals surface area contributed by atoms with Crippen LogP contribution in [0.1, 0.15) is 27.5 Å². The second-order valence-electron chi connectivity index (χ2n) is 7.41. The highest BCUT2D eigenvalue weighted by atomic mass is 32.2. The van der Waals surface area contributed by atoms with Crippen LogP contribution in [-0.2, 0) is 14.8 Å².